The van der Waals surface area contributed by atoms with E-state index < -0.39 is 10.0 Å². The van der Waals surface area contributed by atoms with Gasteiger partial charge in [-0.05, 0) is 36.2 Å². The summed E-state index contributed by atoms with van der Waals surface area (Å²) < 4.78 is 36.4. The molecule has 2 aromatic carbocycles. The highest BCUT2D eigenvalue weighted by molar-refractivity contribution is 7.98. The molecule has 1 aliphatic heterocycles. The number of hydrogen-bond acceptors (Lipinski definition) is 6. The van der Waals surface area contributed by atoms with Crippen LogP contribution in [0.3, 0.4) is 0 Å². The van der Waals surface area contributed by atoms with E-state index in [0.29, 0.717) is 51.7 Å². The van der Waals surface area contributed by atoms with Crippen molar-refractivity contribution in [1.82, 2.24) is 5.32 Å². The average molecular weight is 519 g/mol. The summed E-state index contributed by atoms with van der Waals surface area (Å²) in [4.78, 5) is 12.1. The fourth-order valence-electron chi connectivity index (χ4n) is 3.11. The molecular formula is C21H24Cl2N2O5S2. The normalized spacial score (nSPS) is 12.6. The maximum atomic E-state index is 12.2. The molecule has 0 bridgehead atoms. The van der Waals surface area contributed by atoms with Gasteiger partial charge in [0, 0.05) is 47.1 Å². The predicted octanol–water partition coefficient (Wildman–Crippen LogP) is 4.32. The van der Waals surface area contributed by atoms with E-state index in [1.54, 1.807) is 48.2 Å². The van der Waals surface area contributed by atoms with Crippen LogP contribution >= 0.6 is 35.0 Å². The van der Waals surface area contributed by atoms with Crippen LogP contribution in [0.5, 0.6) is 11.5 Å². The lowest BCUT2D eigenvalue weighted by molar-refractivity contribution is -0.121. The molecule has 1 N–H and O–H groups in total. The van der Waals surface area contributed by atoms with Crippen molar-refractivity contribution in [1.29, 1.82) is 0 Å². The molecule has 7 nitrogen and oxygen atoms in total. The van der Waals surface area contributed by atoms with E-state index in [0.717, 1.165) is 11.8 Å². The van der Waals surface area contributed by atoms with Gasteiger partial charge in [-0.25, -0.2) is 8.42 Å². The SMILES string of the molecule is CS(=O)(=O)N(CCCC(=O)NCCSCc1c(Cl)cccc1Cl)c1ccc2c(c1)OCO2. The molecule has 0 radical (unpaired) electrons. The van der Waals surface area contributed by atoms with Gasteiger partial charge in [-0.1, -0.05) is 29.3 Å². The molecule has 0 atom stereocenters. The molecule has 0 spiro atoms. The van der Waals surface area contributed by atoms with Crippen molar-refractivity contribution >= 4 is 56.6 Å². The molecule has 0 aliphatic carbocycles. The van der Waals surface area contributed by atoms with Crippen molar-refractivity contribution < 1.29 is 22.7 Å². The Labute approximate surface area is 202 Å². The second-order valence-electron chi connectivity index (χ2n) is 7.08. The van der Waals surface area contributed by atoms with Crippen LogP contribution in [0.25, 0.3) is 0 Å². The lowest BCUT2D eigenvalue weighted by atomic mass is 10.2. The Balaban J connectivity index is 1.41. The third-order valence-electron chi connectivity index (χ3n) is 4.69. The van der Waals surface area contributed by atoms with Crippen molar-refractivity contribution in [3.05, 3.63) is 52.0 Å². The summed E-state index contributed by atoms with van der Waals surface area (Å²) in [7, 11) is -3.51. The van der Waals surface area contributed by atoms with E-state index in [2.05, 4.69) is 5.32 Å². The van der Waals surface area contributed by atoms with Gasteiger partial charge in [0.15, 0.2) is 11.5 Å². The lowest BCUT2D eigenvalue weighted by Gasteiger charge is -2.22. The van der Waals surface area contributed by atoms with Crippen LogP contribution in [-0.2, 0) is 20.6 Å². The van der Waals surface area contributed by atoms with Gasteiger partial charge in [0.05, 0.1) is 11.9 Å². The minimum Gasteiger partial charge on any atom is -0.454 e. The Morgan fingerprint density at radius 2 is 1.88 bits per heavy atom. The first-order valence-electron chi connectivity index (χ1n) is 9.90. The molecule has 3 rings (SSSR count). The summed E-state index contributed by atoms with van der Waals surface area (Å²) in [6.45, 7) is 0.802. The number of amides is 1. The molecule has 174 valence electrons. The Bertz CT molecular complexity index is 1050. The van der Waals surface area contributed by atoms with Crippen molar-refractivity contribution in [2.75, 3.05) is 36.2 Å². The van der Waals surface area contributed by atoms with Crippen LogP contribution in [0.2, 0.25) is 10.0 Å². The van der Waals surface area contributed by atoms with Crippen molar-refractivity contribution in [3.63, 3.8) is 0 Å². The monoisotopic (exact) mass is 518 g/mol. The van der Waals surface area contributed by atoms with E-state index in [4.69, 9.17) is 32.7 Å². The molecule has 0 aromatic heterocycles. The number of fused-ring (bicyclic) bond motifs is 1. The van der Waals surface area contributed by atoms with Crippen LogP contribution in [0.1, 0.15) is 18.4 Å². The zero-order valence-electron chi connectivity index (χ0n) is 17.5. The Kier molecular flexibility index (Phi) is 8.81. The summed E-state index contributed by atoms with van der Waals surface area (Å²) in [6.07, 6.45) is 1.74. The van der Waals surface area contributed by atoms with Crippen LogP contribution in [0.4, 0.5) is 5.69 Å². The molecule has 11 heteroatoms. The first kappa shape index (κ1) is 24.8. The quantitative estimate of drug-likeness (QED) is 0.446. The fraction of sp³-hybridized carbons (Fsp3) is 0.381. The van der Waals surface area contributed by atoms with Gasteiger partial charge in [0.1, 0.15) is 0 Å². The minimum absolute atomic E-state index is 0.113. The Morgan fingerprint density at radius 3 is 2.59 bits per heavy atom. The largest absolute Gasteiger partial charge is 0.454 e. The number of nitrogens with zero attached hydrogens (tertiary/aromatic N) is 1. The lowest BCUT2D eigenvalue weighted by Crippen LogP contribution is -2.32. The van der Waals surface area contributed by atoms with Crippen LogP contribution in [0, 0.1) is 0 Å². The second kappa shape index (κ2) is 11.4. The highest BCUT2D eigenvalue weighted by atomic mass is 35.5. The van der Waals surface area contributed by atoms with Gasteiger partial charge in [-0.3, -0.25) is 9.10 Å². The third kappa shape index (κ3) is 6.84. The summed E-state index contributed by atoms with van der Waals surface area (Å²) in [5, 5.41) is 4.12. The number of benzene rings is 2. The number of anilines is 1. The van der Waals surface area contributed by atoms with Gasteiger partial charge in [0.25, 0.3) is 0 Å². The molecular weight excluding hydrogens is 495 g/mol. The summed E-state index contributed by atoms with van der Waals surface area (Å²) >= 11 is 13.9. The minimum atomic E-state index is -3.51. The first-order valence-corrected chi connectivity index (χ1v) is 13.7. The molecule has 1 aliphatic rings. The zero-order valence-corrected chi connectivity index (χ0v) is 20.6. The van der Waals surface area contributed by atoms with Crippen molar-refractivity contribution in [2.45, 2.75) is 18.6 Å². The highest BCUT2D eigenvalue weighted by Crippen LogP contribution is 2.36. The highest BCUT2D eigenvalue weighted by Gasteiger charge is 2.21. The van der Waals surface area contributed by atoms with Crippen LogP contribution in [-0.4, -0.2) is 46.2 Å². The van der Waals surface area contributed by atoms with E-state index in [9.17, 15) is 13.2 Å². The number of halogens is 2. The molecule has 1 amide bonds. The van der Waals surface area contributed by atoms with Crippen molar-refractivity contribution in [3.8, 4) is 11.5 Å². The van der Waals surface area contributed by atoms with Gasteiger partial charge in [-0.15, -0.1) is 0 Å². The smallest absolute Gasteiger partial charge is 0.232 e. The summed E-state index contributed by atoms with van der Waals surface area (Å²) in [5.41, 5.74) is 1.36. The second-order valence-corrected chi connectivity index (χ2v) is 10.9. The number of hydrogen-bond donors (Lipinski definition) is 1. The average Bonchev–Trinajstić information content (AvgIpc) is 3.19. The standard InChI is InChI=1S/C21H24Cl2N2O5S2/c1-32(27,28)25(15-7-8-19-20(12-15)30-14-29-19)10-3-6-21(26)24-9-11-31-13-16-17(22)4-2-5-18(16)23/h2,4-5,7-8,12H,3,6,9-11,13-14H2,1H3,(H,24,26). The number of carbonyl (C=O) groups is 1. The van der Waals surface area contributed by atoms with Crippen LogP contribution < -0.4 is 19.1 Å². The number of ether oxygens (including phenoxy) is 2. The maximum absolute atomic E-state index is 12.2. The molecule has 2 aromatic rings. The number of sulfonamides is 1. The van der Waals surface area contributed by atoms with E-state index in [-0.39, 0.29) is 25.7 Å². The molecule has 0 fully saturated rings. The van der Waals surface area contributed by atoms with E-state index >= 15 is 0 Å². The van der Waals surface area contributed by atoms with E-state index in [1.807, 2.05) is 0 Å². The maximum Gasteiger partial charge on any atom is 0.232 e. The Morgan fingerprint density at radius 1 is 1.16 bits per heavy atom. The van der Waals surface area contributed by atoms with Gasteiger partial charge in [-0.2, -0.15) is 11.8 Å². The molecule has 0 saturated heterocycles. The van der Waals surface area contributed by atoms with Gasteiger partial charge >= 0.3 is 0 Å². The van der Waals surface area contributed by atoms with E-state index in [1.165, 1.54) is 4.31 Å². The number of nitrogens with one attached hydrogen (secondary N) is 1. The van der Waals surface area contributed by atoms with Gasteiger partial charge in [0.2, 0.25) is 22.7 Å². The summed E-state index contributed by atoms with van der Waals surface area (Å²) in [6, 6.07) is 10.4. The fourth-order valence-corrected chi connectivity index (χ4v) is 5.66. The van der Waals surface area contributed by atoms with Crippen molar-refractivity contribution in [2.24, 2.45) is 0 Å². The first-order chi connectivity index (χ1) is 15.3. The third-order valence-corrected chi connectivity index (χ3v) is 7.57. The number of carbonyl (C=O) groups excluding carboxylic acids is 1. The molecule has 0 saturated carbocycles. The Hall–Kier alpha value is -1.81. The van der Waals surface area contributed by atoms with Crippen LogP contribution in [0.15, 0.2) is 36.4 Å². The number of rotatable bonds is 11. The topological polar surface area (TPSA) is 84.9 Å². The molecule has 1 heterocycles. The predicted molar refractivity (Wildman–Crippen MR) is 130 cm³/mol. The van der Waals surface area contributed by atoms with Gasteiger partial charge < -0.3 is 14.8 Å². The number of thioether (sulfide) groups is 1. The molecule has 32 heavy (non-hydrogen) atoms. The zero-order chi connectivity index (χ0) is 23.1. The molecule has 0 unspecified atom stereocenters. The summed E-state index contributed by atoms with van der Waals surface area (Å²) in [5.74, 6) is 2.33.